The molecular weight excluding hydrogens is 108 g/mol. The summed E-state index contributed by atoms with van der Waals surface area (Å²) in [5.41, 5.74) is 0. The monoisotopic (exact) mass is 118 g/mol. The first kappa shape index (κ1) is 6.01. The Bertz CT molecular complexity index is 74.1. The third-order valence-electron chi connectivity index (χ3n) is 1.32. The summed E-state index contributed by atoms with van der Waals surface area (Å²) >= 11 is 0. The number of hydrogen-bond acceptors (Lipinski definition) is 3. The molecule has 1 heterocycles. The summed E-state index contributed by atoms with van der Waals surface area (Å²) < 4.78 is 4.87. The van der Waals surface area contributed by atoms with Crippen molar-refractivity contribution >= 4 is 0 Å². The molecule has 1 aliphatic rings. The van der Waals surface area contributed by atoms with E-state index in [-0.39, 0.29) is 18.8 Å². The van der Waals surface area contributed by atoms with Crippen molar-refractivity contribution in [1.29, 1.82) is 0 Å². The molecule has 0 bridgehead atoms. The van der Waals surface area contributed by atoms with Crippen LogP contribution in [0.3, 0.4) is 0 Å². The maximum absolute atomic E-state index is 8.80. The van der Waals surface area contributed by atoms with Crippen LogP contribution in [0.5, 0.6) is 0 Å². The Morgan fingerprint density at radius 3 is 2.50 bits per heavy atom. The van der Waals surface area contributed by atoms with Crippen LogP contribution >= 0.6 is 0 Å². The molecule has 0 saturated carbocycles. The minimum atomic E-state index is -0.331. The van der Waals surface area contributed by atoms with Gasteiger partial charge in [0.1, 0.15) is 6.10 Å². The van der Waals surface area contributed by atoms with Crippen LogP contribution in [-0.2, 0) is 4.74 Å². The molecule has 2 atom stereocenters. The molecule has 0 amide bonds. The number of aliphatic hydroxyl groups is 2. The Morgan fingerprint density at radius 1 is 1.62 bits per heavy atom. The smallest absolute Gasteiger partial charge is 0.104 e. The van der Waals surface area contributed by atoms with E-state index in [0.29, 0.717) is 13.0 Å². The molecule has 48 valence electrons. The van der Waals surface area contributed by atoms with E-state index in [1.54, 1.807) is 0 Å². The summed E-state index contributed by atoms with van der Waals surface area (Å²) in [4.78, 5) is 0. The highest BCUT2D eigenvalue weighted by molar-refractivity contribution is 4.76. The third-order valence-corrected chi connectivity index (χ3v) is 1.32. The second-order valence-electron chi connectivity index (χ2n) is 1.95. The molecule has 1 aliphatic heterocycles. The SMILES string of the molecule is OCCC1OCC1O. The summed E-state index contributed by atoms with van der Waals surface area (Å²) in [5, 5.41) is 17.1. The second kappa shape index (κ2) is 2.44. The molecular formula is C5H10O3. The Kier molecular flexibility index (Phi) is 1.83. The zero-order chi connectivity index (χ0) is 5.98. The minimum Gasteiger partial charge on any atom is -0.396 e. The Morgan fingerprint density at radius 2 is 2.38 bits per heavy atom. The summed E-state index contributed by atoms with van der Waals surface area (Å²) in [6, 6.07) is 0. The van der Waals surface area contributed by atoms with E-state index in [4.69, 9.17) is 14.9 Å². The van der Waals surface area contributed by atoms with Crippen LogP contribution in [0.4, 0.5) is 0 Å². The number of hydrogen-bond donors (Lipinski definition) is 2. The van der Waals surface area contributed by atoms with Crippen molar-refractivity contribution in [3.8, 4) is 0 Å². The molecule has 0 spiro atoms. The van der Waals surface area contributed by atoms with Gasteiger partial charge in [-0.25, -0.2) is 0 Å². The van der Waals surface area contributed by atoms with Gasteiger partial charge in [0.25, 0.3) is 0 Å². The van der Waals surface area contributed by atoms with Gasteiger partial charge in [-0.2, -0.15) is 0 Å². The van der Waals surface area contributed by atoms with Gasteiger partial charge in [-0.3, -0.25) is 0 Å². The van der Waals surface area contributed by atoms with Crippen LogP contribution in [0.2, 0.25) is 0 Å². The van der Waals surface area contributed by atoms with Crippen molar-refractivity contribution in [2.45, 2.75) is 18.6 Å². The average Bonchev–Trinajstić information content (AvgIpc) is 1.79. The summed E-state index contributed by atoms with van der Waals surface area (Å²) in [6.07, 6.45) is 0.128. The van der Waals surface area contributed by atoms with E-state index in [1.165, 1.54) is 0 Å². The standard InChI is InChI=1S/C5H10O3/c6-2-1-5-4(7)3-8-5/h4-7H,1-3H2. The van der Waals surface area contributed by atoms with Crippen molar-refractivity contribution in [3.05, 3.63) is 0 Å². The van der Waals surface area contributed by atoms with Crippen molar-refractivity contribution in [1.82, 2.24) is 0 Å². The first-order valence-corrected chi connectivity index (χ1v) is 2.75. The zero-order valence-corrected chi connectivity index (χ0v) is 4.58. The Balaban J connectivity index is 2.08. The fourth-order valence-corrected chi connectivity index (χ4v) is 0.721. The number of aliphatic hydroxyl groups excluding tert-OH is 2. The quantitative estimate of drug-likeness (QED) is 0.495. The molecule has 8 heavy (non-hydrogen) atoms. The molecule has 0 aromatic rings. The van der Waals surface area contributed by atoms with Crippen LogP contribution in [-0.4, -0.2) is 35.6 Å². The van der Waals surface area contributed by atoms with E-state index < -0.39 is 0 Å². The molecule has 1 rings (SSSR count). The molecule has 0 aliphatic carbocycles. The van der Waals surface area contributed by atoms with Gasteiger partial charge in [-0.1, -0.05) is 0 Å². The maximum Gasteiger partial charge on any atom is 0.104 e. The van der Waals surface area contributed by atoms with Gasteiger partial charge in [0, 0.05) is 6.61 Å². The maximum atomic E-state index is 8.80. The fraction of sp³-hybridized carbons (Fsp3) is 1.00. The van der Waals surface area contributed by atoms with Gasteiger partial charge < -0.3 is 14.9 Å². The van der Waals surface area contributed by atoms with Gasteiger partial charge in [-0.05, 0) is 6.42 Å². The fourth-order valence-electron chi connectivity index (χ4n) is 0.721. The van der Waals surface area contributed by atoms with Crippen LogP contribution in [0.15, 0.2) is 0 Å². The largest absolute Gasteiger partial charge is 0.396 e. The Labute approximate surface area is 47.9 Å². The number of ether oxygens (including phenoxy) is 1. The van der Waals surface area contributed by atoms with Crippen LogP contribution in [0, 0.1) is 0 Å². The third kappa shape index (κ3) is 0.992. The number of rotatable bonds is 2. The highest BCUT2D eigenvalue weighted by Crippen LogP contribution is 2.14. The predicted molar refractivity (Wildman–Crippen MR) is 27.4 cm³/mol. The van der Waals surface area contributed by atoms with E-state index in [9.17, 15) is 0 Å². The average molecular weight is 118 g/mol. The van der Waals surface area contributed by atoms with Crippen molar-refractivity contribution < 1.29 is 14.9 Å². The van der Waals surface area contributed by atoms with Gasteiger partial charge in [0.15, 0.2) is 0 Å². The van der Waals surface area contributed by atoms with Crippen molar-refractivity contribution in [3.63, 3.8) is 0 Å². The minimum absolute atomic E-state index is 0.0972. The van der Waals surface area contributed by atoms with E-state index >= 15 is 0 Å². The lowest BCUT2D eigenvalue weighted by atomic mass is 10.1. The molecule has 0 aromatic carbocycles. The second-order valence-corrected chi connectivity index (χ2v) is 1.95. The highest BCUT2D eigenvalue weighted by atomic mass is 16.5. The normalized spacial score (nSPS) is 36.8. The lowest BCUT2D eigenvalue weighted by Gasteiger charge is -2.32. The molecule has 0 aromatic heterocycles. The van der Waals surface area contributed by atoms with E-state index in [0.717, 1.165) is 0 Å². The summed E-state index contributed by atoms with van der Waals surface area (Å²) in [7, 11) is 0. The van der Waals surface area contributed by atoms with E-state index in [1.807, 2.05) is 0 Å². The lowest BCUT2D eigenvalue weighted by molar-refractivity contribution is -0.167. The van der Waals surface area contributed by atoms with Gasteiger partial charge in [-0.15, -0.1) is 0 Å². The first-order chi connectivity index (χ1) is 3.84. The molecule has 1 fully saturated rings. The molecule has 3 heteroatoms. The first-order valence-electron chi connectivity index (χ1n) is 2.75. The topological polar surface area (TPSA) is 49.7 Å². The van der Waals surface area contributed by atoms with Gasteiger partial charge in [0.05, 0.1) is 12.7 Å². The van der Waals surface area contributed by atoms with Crippen LogP contribution in [0.1, 0.15) is 6.42 Å². The predicted octanol–water partition coefficient (Wildman–Crippen LogP) is -0.872. The van der Waals surface area contributed by atoms with Crippen molar-refractivity contribution in [2.24, 2.45) is 0 Å². The Hall–Kier alpha value is -0.120. The van der Waals surface area contributed by atoms with E-state index in [2.05, 4.69) is 0 Å². The lowest BCUT2D eigenvalue weighted by Crippen LogP contribution is -2.45. The molecule has 2 unspecified atom stereocenters. The zero-order valence-electron chi connectivity index (χ0n) is 4.58. The van der Waals surface area contributed by atoms with Gasteiger partial charge in [0.2, 0.25) is 0 Å². The summed E-state index contributed by atoms with van der Waals surface area (Å²) in [5.74, 6) is 0. The van der Waals surface area contributed by atoms with Crippen molar-refractivity contribution in [2.75, 3.05) is 13.2 Å². The van der Waals surface area contributed by atoms with Crippen LogP contribution < -0.4 is 0 Å². The van der Waals surface area contributed by atoms with Gasteiger partial charge >= 0.3 is 0 Å². The van der Waals surface area contributed by atoms with Crippen LogP contribution in [0.25, 0.3) is 0 Å². The molecule has 2 N–H and O–H groups in total. The molecule has 1 saturated heterocycles. The molecule has 3 nitrogen and oxygen atoms in total. The molecule has 0 radical (unpaired) electrons. The summed E-state index contributed by atoms with van der Waals surface area (Å²) in [6.45, 7) is 0.534. The highest BCUT2D eigenvalue weighted by Gasteiger charge is 2.28.